The van der Waals surface area contributed by atoms with Crippen LogP contribution in [0.1, 0.15) is 30.0 Å². The van der Waals surface area contributed by atoms with Gasteiger partial charge in [0.05, 0.1) is 5.54 Å². The van der Waals surface area contributed by atoms with E-state index < -0.39 is 23.0 Å². The lowest BCUT2D eigenvalue weighted by Gasteiger charge is -2.48. The number of rotatable bonds is 3. The predicted octanol–water partition coefficient (Wildman–Crippen LogP) is 3.98. The molecule has 0 saturated heterocycles. The molecule has 2 aliphatic heterocycles. The first-order valence-corrected chi connectivity index (χ1v) is 9.88. The quantitative estimate of drug-likeness (QED) is 0.796. The van der Waals surface area contributed by atoms with Crippen molar-refractivity contribution < 1.29 is 23.1 Å². The molecule has 4 nitrogen and oxygen atoms in total. The lowest BCUT2D eigenvalue weighted by molar-refractivity contribution is -0.134. The molecule has 0 radical (unpaired) electrons. The molecular weight excluding hydrogens is 393 g/mol. The Bertz CT molecular complexity index is 1050. The average Bonchev–Trinajstić information content (AvgIpc) is 3.08. The number of aliphatic hydroxyl groups excluding tert-OH is 1. The second-order valence-electron chi connectivity index (χ2n) is 7.96. The Morgan fingerprint density at radius 3 is 2.70 bits per heavy atom. The van der Waals surface area contributed by atoms with Gasteiger partial charge in [0.1, 0.15) is 17.5 Å². The minimum absolute atomic E-state index is 0.0621. The molecule has 7 heteroatoms. The molecule has 2 unspecified atom stereocenters. The van der Waals surface area contributed by atoms with Crippen molar-refractivity contribution in [1.82, 2.24) is 4.90 Å². The van der Waals surface area contributed by atoms with E-state index in [0.29, 0.717) is 35.4 Å². The predicted molar refractivity (Wildman–Crippen MR) is 108 cm³/mol. The van der Waals surface area contributed by atoms with Crippen LogP contribution in [0.3, 0.4) is 0 Å². The molecule has 2 atom stereocenters. The van der Waals surface area contributed by atoms with Gasteiger partial charge in [0, 0.05) is 49.4 Å². The zero-order chi connectivity index (χ0) is 21.6. The summed E-state index contributed by atoms with van der Waals surface area (Å²) in [7, 11) is 0. The Morgan fingerprint density at radius 2 is 2.00 bits per heavy atom. The highest BCUT2D eigenvalue weighted by Crippen LogP contribution is 2.52. The van der Waals surface area contributed by atoms with Gasteiger partial charge in [-0.2, -0.15) is 0 Å². The van der Waals surface area contributed by atoms with E-state index in [2.05, 4.69) is 5.32 Å². The highest BCUT2D eigenvalue weighted by atomic mass is 19.1. The molecule has 30 heavy (non-hydrogen) atoms. The zero-order valence-corrected chi connectivity index (χ0v) is 16.8. The highest BCUT2D eigenvalue weighted by molar-refractivity contribution is 5.84. The van der Waals surface area contributed by atoms with Gasteiger partial charge in [0.15, 0.2) is 0 Å². The van der Waals surface area contributed by atoms with Crippen molar-refractivity contribution in [2.24, 2.45) is 5.92 Å². The van der Waals surface area contributed by atoms with Crippen molar-refractivity contribution in [3.05, 3.63) is 70.5 Å². The summed E-state index contributed by atoms with van der Waals surface area (Å²) in [5.41, 5.74) is 1.43. The number of hydrogen-bond acceptors (Lipinski definition) is 3. The summed E-state index contributed by atoms with van der Waals surface area (Å²) in [5.74, 6) is -2.17. The first-order chi connectivity index (χ1) is 14.3. The molecule has 0 aliphatic carbocycles. The van der Waals surface area contributed by atoms with Crippen molar-refractivity contribution in [1.29, 1.82) is 0 Å². The number of fused-ring (bicyclic) bond motifs is 2. The molecule has 0 aromatic heterocycles. The summed E-state index contributed by atoms with van der Waals surface area (Å²) in [6.07, 6.45) is 2.10. The third kappa shape index (κ3) is 3.08. The number of anilines is 1. The Balaban J connectivity index is 2.00. The van der Waals surface area contributed by atoms with Gasteiger partial charge in [0.2, 0.25) is 5.91 Å². The Kier molecular flexibility index (Phi) is 5.10. The highest BCUT2D eigenvalue weighted by Gasteiger charge is 2.52. The molecule has 0 bridgehead atoms. The van der Waals surface area contributed by atoms with Crippen LogP contribution in [-0.2, 0) is 10.3 Å². The first-order valence-electron chi connectivity index (χ1n) is 9.88. The van der Waals surface area contributed by atoms with Crippen molar-refractivity contribution in [3.63, 3.8) is 0 Å². The minimum atomic E-state index is -1.07. The van der Waals surface area contributed by atoms with Crippen LogP contribution in [0, 0.1) is 30.3 Å². The fourth-order valence-electron chi connectivity index (χ4n) is 4.90. The zero-order valence-electron chi connectivity index (χ0n) is 16.8. The number of benzene rings is 2. The molecule has 4 rings (SSSR count). The summed E-state index contributed by atoms with van der Waals surface area (Å²) >= 11 is 0. The molecule has 1 spiro atoms. The van der Waals surface area contributed by atoms with Crippen LogP contribution < -0.4 is 5.32 Å². The molecule has 158 valence electrons. The Labute approximate surface area is 173 Å². The second-order valence-corrected chi connectivity index (χ2v) is 7.96. The number of aliphatic hydroxyl groups is 1. The van der Waals surface area contributed by atoms with Crippen LogP contribution in [0.5, 0.6) is 0 Å². The van der Waals surface area contributed by atoms with Crippen LogP contribution in [0.4, 0.5) is 18.9 Å². The molecule has 2 aromatic rings. The summed E-state index contributed by atoms with van der Waals surface area (Å²) in [4.78, 5) is 14.3. The van der Waals surface area contributed by atoms with E-state index in [4.69, 9.17) is 0 Å². The number of hydrogen-bond donors (Lipinski definition) is 2. The number of carbonyl (C=O) groups is 1. The fraction of sp³-hybridized carbons (Fsp3) is 0.348. The van der Waals surface area contributed by atoms with E-state index in [-0.39, 0.29) is 30.5 Å². The van der Waals surface area contributed by atoms with Gasteiger partial charge < -0.3 is 15.3 Å². The molecule has 0 fully saturated rings. The first kappa shape index (κ1) is 20.5. The van der Waals surface area contributed by atoms with Crippen LogP contribution in [0.15, 0.2) is 36.4 Å². The van der Waals surface area contributed by atoms with Crippen molar-refractivity contribution in [2.45, 2.75) is 25.8 Å². The smallest absolute Gasteiger partial charge is 0.220 e. The molecule has 2 N–H and O–H groups in total. The largest absolute Gasteiger partial charge is 0.396 e. The molecule has 1 amide bonds. The van der Waals surface area contributed by atoms with Crippen molar-refractivity contribution in [3.8, 4) is 0 Å². The topological polar surface area (TPSA) is 52.6 Å². The molecular formula is C23H23F3N2O2. The maximum atomic E-state index is 14.6. The number of amides is 1. The second kappa shape index (κ2) is 7.47. The average molecular weight is 416 g/mol. The van der Waals surface area contributed by atoms with Gasteiger partial charge in [-0.15, -0.1) is 0 Å². The standard InChI is InChI=1S/C23H23F3N2O2/c1-13-7-18(25)9-20-22(13)27-11-16(5-6-29)23(20)10-15(12-28(23)14(2)30)19-8-17(24)3-4-21(19)26/h3-4,7-10,16,27,29H,5-6,11-12H2,1-2H3. The van der Waals surface area contributed by atoms with Crippen molar-refractivity contribution >= 4 is 17.2 Å². The van der Waals surface area contributed by atoms with Crippen LogP contribution in [0.2, 0.25) is 0 Å². The Morgan fingerprint density at radius 1 is 1.23 bits per heavy atom. The summed E-state index contributed by atoms with van der Waals surface area (Å²) in [6, 6.07) is 6.00. The molecule has 0 saturated carbocycles. The van der Waals surface area contributed by atoms with Gasteiger partial charge >= 0.3 is 0 Å². The van der Waals surface area contributed by atoms with Crippen LogP contribution >= 0.6 is 0 Å². The van der Waals surface area contributed by atoms with E-state index in [9.17, 15) is 23.1 Å². The maximum Gasteiger partial charge on any atom is 0.220 e. The van der Waals surface area contributed by atoms with Gasteiger partial charge in [-0.3, -0.25) is 4.79 Å². The van der Waals surface area contributed by atoms with Gasteiger partial charge in [-0.25, -0.2) is 13.2 Å². The Hall–Kier alpha value is -2.80. The van der Waals surface area contributed by atoms with Crippen molar-refractivity contribution in [2.75, 3.05) is 25.0 Å². The van der Waals surface area contributed by atoms with Crippen LogP contribution in [-0.4, -0.2) is 35.6 Å². The summed E-state index contributed by atoms with van der Waals surface area (Å²) in [5, 5.41) is 13.0. The number of nitrogens with one attached hydrogen (secondary N) is 1. The van der Waals surface area contributed by atoms with E-state index in [1.54, 1.807) is 17.9 Å². The summed E-state index contributed by atoms with van der Waals surface area (Å²) in [6.45, 7) is 3.57. The SMILES string of the molecule is CC(=O)N1CC(c2cc(F)ccc2F)=CC12c1cc(F)cc(C)c1NCC2CCO. The lowest BCUT2D eigenvalue weighted by Crippen LogP contribution is -2.54. The maximum absolute atomic E-state index is 14.6. The minimum Gasteiger partial charge on any atom is -0.396 e. The lowest BCUT2D eigenvalue weighted by atomic mass is 9.72. The normalized spacial score (nSPS) is 22.7. The number of carbonyl (C=O) groups excluding carboxylic acids is 1. The third-order valence-corrected chi connectivity index (χ3v) is 6.18. The number of halogens is 3. The fourth-order valence-corrected chi connectivity index (χ4v) is 4.90. The third-order valence-electron chi connectivity index (χ3n) is 6.18. The van der Waals surface area contributed by atoms with Gasteiger partial charge in [-0.05, 0) is 60.9 Å². The van der Waals surface area contributed by atoms with E-state index in [0.717, 1.165) is 18.2 Å². The number of nitrogens with zero attached hydrogens (tertiary/aromatic N) is 1. The molecule has 2 heterocycles. The summed E-state index contributed by atoms with van der Waals surface area (Å²) < 4.78 is 42.9. The van der Waals surface area contributed by atoms with E-state index >= 15 is 0 Å². The van der Waals surface area contributed by atoms with Crippen LogP contribution in [0.25, 0.3) is 5.57 Å². The van der Waals surface area contributed by atoms with Gasteiger partial charge in [-0.1, -0.05) is 0 Å². The molecule has 2 aliphatic rings. The van der Waals surface area contributed by atoms with E-state index in [1.807, 2.05) is 0 Å². The monoisotopic (exact) mass is 416 g/mol. The molecule has 2 aromatic carbocycles. The van der Waals surface area contributed by atoms with Gasteiger partial charge in [0.25, 0.3) is 0 Å². The number of aryl methyl sites for hydroxylation is 1. The van der Waals surface area contributed by atoms with E-state index in [1.165, 1.54) is 19.1 Å².